The summed E-state index contributed by atoms with van der Waals surface area (Å²) in [5.74, 6) is 0.0324. The first-order valence-corrected chi connectivity index (χ1v) is 8.50. The van der Waals surface area contributed by atoms with E-state index in [1.54, 1.807) is 11.9 Å². The minimum Gasteiger partial charge on any atom is -0.343 e. The lowest BCUT2D eigenvalue weighted by atomic mass is 10.0. The van der Waals surface area contributed by atoms with E-state index in [1.807, 2.05) is 11.0 Å². The molecule has 1 saturated heterocycles. The number of nitrogens with one attached hydrogen (secondary N) is 1. The normalized spacial score (nSPS) is 19.2. The number of hydrogen-bond donors (Lipinski definition) is 1. The van der Waals surface area contributed by atoms with Crippen molar-refractivity contribution in [2.75, 3.05) is 38.5 Å². The molecule has 1 fully saturated rings. The van der Waals surface area contributed by atoms with Gasteiger partial charge in [0.15, 0.2) is 0 Å². The molecular weight excluding hydrogens is 290 g/mol. The number of carbonyl (C=O) groups is 2. The zero-order valence-corrected chi connectivity index (χ0v) is 13.8. The molecule has 0 atom stereocenters. The molecule has 0 bridgehead atoms. The van der Waals surface area contributed by atoms with Crippen LogP contribution in [0.4, 0.5) is 5.69 Å². The Kier molecular flexibility index (Phi) is 4.96. The van der Waals surface area contributed by atoms with Gasteiger partial charge in [0.2, 0.25) is 11.8 Å². The van der Waals surface area contributed by atoms with E-state index in [4.69, 9.17) is 0 Å². The monoisotopic (exact) mass is 315 g/mol. The predicted octanol–water partition coefficient (Wildman–Crippen LogP) is 1.67. The van der Waals surface area contributed by atoms with Gasteiger partial charge in [0, 0.05) is 25.8 Å². The highest BCUT2D eigenvalue weighted by Gasteiger charge is 2.22. The van der Waals surface area contributed by atoms with E-state index in [0.29, 0.717) is 13.1 Å². The molecule has 0 radical (unpaired) electrons. The van der Waals surface area contributed by atoms with Gasteiger partial charge < -0.3 is 10.2 Å². The van der Waals surface area contributed by atoms with E-state index >= 15 is 0 Å². The second-order valence-electron chi connectivity index (χ2n) is 6.62. The van der Waals surface area contributed by atoms with Crippen molar-refractivity contribution in [1.82, 2.24) is 9.80 Å². The van der Waals surface area contributed by atoms with Crippen LogP contribution in [0.3, 0.4) is 0 Å². The number of carbonyl (C=O) groups excluding carboxylic acids is 2. The van der Waals surface area contributed by atoms with E-state index in [2.05, 4.69) is 17.4 Å². The van der Waals surface area contributed by atoms with Crippen molar-refractivity contribution < 1.29 is 9.59 Å². The largest absolute Gasteiger partial charge is 0.343 e. The molecule has 1 aliphatic heterocycles. The number of rotatable bonds is 3. The van der Waals surface area contributed by atoms with Crippen LogP contribution < -0.4 is 5.32 Å². The lowest BCUT2D eigenvalue weighted by Gasteiger charge is -2.31. The van der Waals surface area contributed by atoms with Gasteiger partial charge in [-0.3, -0.25) is 14.5 Å². The van der Waals surface area contributed by atoms with Crippen LogP contribution in [0.5, 0.6) is 0 Å². The SMILES string of the molecule is CN1CCN(CC(=O)Nc2ccc3c(c2)CCCCC3)CC1=O. The first-order valence-electron chi connectivity index (χ1n) is 8.50. The molecule has 2 aliphatic rings. The zero-order chi connectivity index (χ0) is 16.2. The molecule has 0 unspecified atom stereocenters. The average Bonchev–Trinajstić information content (AvgIpc) is 2.75. The van der Waals surface area contributed by atoms with Crippen molar-refractivity contribution in [2.24, 2.45) is 0 Å². The van der Waals surface area contributed by atoms with Gasteiger partial charge in [0.05, 0.1) is 13.1 Å². The van der Waals surface area contributed by atoms with Crippen LogP contribution in [0.15, 0.2) is 18.2 Å². The van der Waals surface area contributed by atoms with Gasteiger partial charge in [0.1, 0.15) is 0 Å². The van der Waals surface area contributed by atoms with Crippen LogP contribution >= 0.6 is 0 Å². The van der Waals surface area contributed by atoms with Crippen LogP contribution in [-0.4, -0.2) is 54.8 Å². The smallest absolute Gasteiger partial charge is 0.238 e. The molecule has 1 N–H and O–H groups in total. The summed E-state index contributed by atoms with van der Waals surface area (Å²) in [6.07, 6.45) is 6.02. The van der Waals surface area contributed by atoms with Gasteiger partial charge in [-0.25, -0.2) is 0 Å². The minimum absolute atomic E-state index is 0.0454. The number of piperazine rings is 1. The Morgan fingerprint density at radius 2 is 1.91 bits per heavy atom. The fraction of sp³-hybridized carbons (Fsp3) is 0.556. The van der Waals surface area contributed by atoms with Crippen LogP contribution in [-0.2, 0) is 22.4 Å². The van der Waals surface area contributed by atoms with E-state index in [0.717, 1.165) is 25.1 Å². The highest BCUT2D eigenvalue weighted by atomic mass is 16.2. The van der Waals surface area contributed by atoms with Gasteiger partial charge >= 0.3 is 0 Å². The Balaban J connectivity index is 1.57. The second kappa shape index (κ2) is 7.13. The first-order chi connectivity index (χ1) is 11.1. The first kappa shape index (κ1) is 16.0. The molecule has 5 nitrogen and oxygen atoms in total. The summed E-state index contributed by atoms with van der Waals surface area (Å²) >= 11 is 0. The Hall–Kier alpha value is -1.88. The number of likely N-dealkylation sites (N-methyl/N-ethyl adjacent to an activating group) is 1. The van der Waals surface area contributed by atoms with E-state index in [-0.39, 0.29) is 18.4 Å². The molecule has 1 aromatic rings. The van der Waals surface area contributed by atoms with Crippen molar-refractivity contribution in [3.05, 3.63) is 29.3 Å². The van der Waals surface area contributed by atoms with Crippen molar-refractivity contribution in [1.29, 1.82) is 0 Å². The Morgan fingerprint density at radius 3 is 2.70 bits per heavy atom. The van der Waals surface area contributed by atoms with Gasteiger partial charge in [-0.1, -0.05) is 12.5 Å². The molecule has 0 aromatic heterocycles. The van der Waals surface area contributed by atoms with E-state index in [9.17, 15) is 9.59 Å². The molecule has 0 saturated carbocycles. The summed E-state index contributed by atoms with van der Waals surface area (Å²) in [6, 6.07) is 6.26. The summed E-state index contributed by atoms with van der Waals surface area (Å²) in [4.78, 5) is 27.5. The molecule has 1 aromatic carbocycles. The molecule has 2 amide bonds. The number of aryl methyl sites for hydroxylation is 2. The molecule has 1 heterocycles. The molecule has 5 heteroatoms. The predicted molar refractivity (Wildman–Crippen MR) is 90.4 cm³/mol. The van der Waals surface area contributed by atoms with Crippen molar-refractivity contribution >= 4 is 17.5 Å². The Bertz CT molecular complexity index is 600. The zero-order valence-electron chi connectivity index (χ0n) is 13.8. The number of fused-ring (bicyclic) bond motifs is 1. The molecular formula is C18H25N3O2. The van der Waals surface area contributed by atoms with Crippen LogP contribution in [0.25, 0.3) is 0 Å². The Morgan fingerprint density at radius 1 is 1.13 bits per heavy atom. The fourth-order valence-corrected chi connectivity index (χ4v) is 3.33. The minimum atomic E-state index is -0.0454. The van der Waals surface area contributed by atoms with Crippen molar-refractivity contribution in [2.45, 2.75) is 32.1 Å². The third kappa shape index (κ3) is 4.10. The molecule has 3 rings (SSSR count). The van der Waals surface area contributed by atoms with Crippen molar-refractivity contribution in [3.8, 4) is 0 Å². The number of hydrogen-bond acceptors (Lipinski definition) is 3. The number of nitrogens with zero attached hydrogens (tertiary/aromatic N) is 2. The summed E-state index contributed by atoms with van der Waals surface area (Å²) in [5.41, 5.74) is 3.66. The van der Waals surface area contributed by atoms with Gasteiger partial charge in [-0.15, -0.1) is 0 Å². The van der Waals surface area contributed by atoms with E-state index in [1.165, 1.54) is 30.4 Å². The van der Waals surface area contributed by atoms with Gasteiger partial charge in [0.25, 0.3) is 0 Å². The number of anilines is 1. The third-order valence-electron chi connectivity index (χ3n) is 4.79. The quantitative estimate of drug-likeness (QED) is 0.863. The maximum Gasteiger partial charge on any atom is 0.238 e. The number of amides is 2. The topological polar surface area (TPSA) is 52.6 Å². The summed E-state index contributed by atoms with van der Waals surface area (Å²) in [5, 5.41) is 2.98. The Labute approximate surface area is 137 Å². The molecule has 124 valence electrons. The van der Waals surface area contributed by atoms with Crippen LogP contribution in [0.2, 0.25) is 0 Å². The standard InChI is InChI=1S/C18H25N3O2/c1-20-9-10-21(13-18(20)23)12-17(22)19-16-8-7-14-5-3-2-4-6-15(14)11-16/h7-8,11H,2-6,9-10,12-13H2,1H3,(H,19,22). The maximum atomic E-state index is 12.2. The van der Waals surface area contributed by atoms with Crippen LogP contribution in [0.1, 0.15) is 30.4 Å². The molecule has 23 heavy (non-hydrogen) atoms. The number of benzene rings is 1. The fourth-order valence-electron chi connectivity index (χ4n) is 3.33. The highest BCUT2D eigenvalue weighted by Crippen LogP contribution is 2.23. The lowest BCUT2D eigenvalue weighted by molar-refractivity contribution is -0.135. The average molecular weight is 315 g/mol. The van der Waals surface area contributed by atoms with Gasteiger partial charge in [-0.2, -0.15) is 0 Å². The highest BCUT2D eigenvalue weighted by molar-refractivity contribution is 5.92. The summed E-state index contributed by atoms with van der Waals surface area (Å²) < 4.78 is 0. The van der Waals surface area contributed by atoms with E-state index < -0.39 is 0 Å². The van der Waals surface area contributed by atoms with Crippen LogP contribution in [0, 0.1) is 0 Å². The molecule has 1 aliphatic carbocycles. The second-order valence-corrected chi connectivity index (χ2v) is 6.62. The summed E-state index contributed by atoms with van der Waals surface area (Å²) in [7, 11) is 1.80. The third-order valence-corrected chi connectivity index (χ3v) is 4.79. The van der Waals surface area contributed by atoms with Crippen molar-refractivity contribution in [3.63, 3.8) is 0 Å². The lowest BCUT2D eigenvalue weighted by Crippen LogP contribution is -2.50. The van der Waals surface area contributed by atoms with Gasteiger partial charge in [-0.05, 0) is 48.9 Å². The molecule has 0 spiro atoms. The maximum absolute atomic E-state index is 12.2. The summed E-state index contributed by atoms with van der Waals surface area (Å²) in [6.45, 7) is 2.04.